The fourth-order valence-electron chi connectivity index (χ4n) is 2.15. The Morgan fingerprint density at radius 2 is 2.29 bits per heavy atom. The number of hydrogen-bond acceptors (Lipinski definition) is 3. The average Bonchev–Trinajstić information content (AvgIpc) is 2.59. The number of likely N-dealkylation sites (N-methyl/N-ethyl adjacent to an activating group) is 1. The Morgan fingerprint density at radius 1 is 1.53 bits per heavy atom. The summed E-state index contributed by atoms with van der Waals surface area (Å²) in [4.78, 5) is 31.8. The molecule has 1 unspecified atom stereocenters. The van der Waals surface area contributed by atoms with Gasteiger partial charge in [-0.15, -0.1) is 0 Å². The van der Waals surface area contributed by atoms with Gasteiger partial charge in [-0.25, -0.2) is 4.98 Å². The quantitative estimate of drug-likeness (QED) is 0.837. The number of amides is 1. The fraction of sp³-hybridized carbons (Fsp3) is 0.583. The minimum Gasteiger partial charge on any atom is -0.345 e. The molecule has 1 aromatic heterocycles. The number of hydrogen-bond donors (Lipinski definition) is 1. The first kappa shape index (κ1) is 11.8. The highest BCUT2D eigenvalue weighted by atomic mass is 16.2. The van der Waals surface area contributed by atoms with E-state index in [1.165, 1.54) is 6.07 Å². The highest BCUT2D eigenvalue weighted by molar-refractivity contribution is 5.79. The summed E-state index contributed by atoms with van der Waals surface area (Å²) in [6.07, 6.45) is 2.16. The largest absolute Gasteiger partial charge is 0.345 e. The van der Waals surface area contributed by atoms with Gasteiger partial charge >= 0.3 is 0 Å². The first-order valence-corrected chi connectivity index (χ1v) is 5.94. The Morgan fingerprint density at radius 3 is 2.88 bits per heavy atom. The summed E-state index contributed by atoms with van der Waals surface area (Å²) >= 11 is 0. The van der Waals surface area contributed by atoms with E-state index in [2.05, 4.69) is 9.97 Å². The van der Waals surface area contributed by atoms with Crippen LogP contribution in [0.1, 0.15) is 37.2 Å². The van der Waals surface area contributed by atoms with E-state index in [1.54, 1.807) is 11.9 Å². The highest BCUT2D eigenvalue weighted by Gasteiger charge is 2.29. The lowest BCUT2D eigenvalue weighted by Gasteiger charge is -2.10. The van der Waals surface area contributed by atoms with Crippen LogP contribution in [0, 0.1) is 0 Å². The van der Waals surface area contributed by atoms with Crippen molar-refractivity contribution in [2.75, 3.05) is 13.6 Å². The maximum Gasteiger partial charge on any atom is 0.251 e. The van der Waals surface area contributed by atoms with Crippen molar-refractivity contribution in [1.82, 2.24) is 14.9 Å². The van der Waals surface area contributed by atoms with Crippen LogP contribution in [0.4, 0.5) is 0 Å². The van der Waals surface area contributed by atoms with Gasteiger partial charge in [0, 0.05) is 38.4 Å². The van der Waals surface area contributed by atoms with Crippen LogP contribution < -0.4 is 5.56 Å². The number of likely N-dealkylation sites (tertiary alicyclic amines) is 1. The molecule has 17 heavy (non-hydrogen) atoms. The van der Waals surface area contributed by atoms with Gasteiger partial charge in [-0.1, -0.05) is 6.92 Å². The van der Waals surface area contributed by atoms with Gasteiger partial charge in [0.05, 0.1) is 5.69 Å². The van der Waals surface area contributed by atoms with Crippen molar-refractivity contribution >= 4 is 5.91 Å². The molecule has 1 amide bonds. The Kier molecular flexibility index (Phi) is 3.26. The summed E-state index contributed by atoms with van der Waals surface area (Å²) in [5.74, 6) is 0.900. The van der Waals surface area contributed by atoms with Gasteiger partial charge in [-0.05, 0) is 6.42 Å². The minimum absolute atomic E-state index is 0.0606. The summed E-state index contributed by atoms with van der Waals surface area (Å²) in [6, 6.07) is 1.51. The third-order valence-electron chi connectivity index (χ3n) is 3.06. The van der Waals surface area contributed by atoms with E-state index in [4.69, 9.17) is 0 Å². The predicted octanol–water partition coefficient (Wildman–Crippen LogP) is 0.668. The number of H-pyrrole nitrogens is 1. The standard InChI is InChI=1S/C12H17N3O2/c1-3-4-10-13-9(6-11(16)14-10)8-5-12(17)15(2)7-8/h6,8H,3-5,7H2,1-2H3,(H,13,14,16). The molecule has 1 fully saturated rings. The van der Waals surface area contributed by atoms with Gasteiger partial charge in [-0.2, -0.15) is 0 Å². The number of aromatic nitrogens is 2. The van der Waals surface area contributed by atoms with E-state index in [1.807, 2.05) is 6.92 Å². The van der Waals surface area contributed by atoms with Crippen molar-refractivity contribution in [1.29, 1.82) is 0 Å². The van der Waals surface area contributed by atoms with Gasteiger partial charge in [0.2, 0.25) is 5.91 Å². The molecular weight excluding hydrogens is 218 g/mol. The zero-order valence-electron chi connectivity index (χ0n) is 10.2. The Bertz CT molecular complexity index is 481. The van der Waals surface area contributed by atoms with Crippen LogP contribution in [0.25, 0.3) is 0 Å². The molecule has 2 heterocycles. The van der Waals surface area contributed by atoms with E-state index >= 15 is 0 Å². The van der Waals surface area contributed by atoms with E-state index in [-0.39, 0.29) is 17.4 Å². The summed E-state index contributed by atoms with van der Waals surface area (Å²) in [5, 5.41) is 0. The molecule has 92 valence electrons. The highest BCUT2D eigenvalue weighted by Crippen LogP contribution is 2.24. The van der Waals surface area contributed by atoms with Gasteiger partial charge < -0.3 is 9.88 Å². The second-order valence-electron chi connectivity index (χ2n) is 4.54. The SMILES string of the molecule is CCCc1nc(C2CC(=O)N(C)C2)cc(=O)[nH]1. The lowest BCUT2D eigenvalue weighted by atomic mass is 10.0. The Hall–Kier alpha value is -1.65. The molecule has 1 saturated heterocycles. The predicted molar refractivity (Wildman–Crippen MR) is 63.8 cm³/mol. The lowest BCUT2D eigenvalue weighted by molar-refractivity contribution is -0.126. The molecule has 0 radical (unpaired) electrons. The third-order valence-corrected chi connectivity index (χ3v) is 3.06. The number of aryl methyl sites for hydroxylation is 1. The molecule has 1 aliphatic rings. The molecule has 2 rings (SSSR count). The zero-order chi connectivity index (χ0) is 12.4. The fourth-order valence-corrected chi connectivity index (χ4v) is 2.15. The van der Waals surface area contributed by atoms with Crippen molar-refractivity contribution in [3.8, 4) is 0 Å². The molecule has 1 aromatic rings. The van der Waals surface area contributed by atoms with E-state index in [0.29, 0.717) is 13.0 Å². The maximum absolute atomic E-state index is 11.5. The topological polar surface area (TPSA) is 66.1 Å². The van der Waals surface area contributed by atoms with Gasteiger partial charge in [-0.3, -0.25) is 9.59 Å². The number of aromatic amines is 1. The van der Waals surface area contributed by atoms with Crippen LogP contribution in [0.15, 0.2) is 10.9 Å². The smallest absolute Gasteiger partial charge is 0.251 e. The summed E-state index contributed by atoms with van der Waals surface area (Å²) < 4.78 is 0. The Balaban J connectivity index is 2.27. The average molecular weight is 235 g/mol. The number of nitrogens with zero attached hydrogens (tertiary/aromatic N) is 2. The second kappa shape index (κ2) is 4.69. The summed E-state index contributed by atoms with van der Waals surface area (Å²) in [7, 11) is 1.78. The van der Waals surface area contributed by atoms with Gasteiger partial charge in [0.25, 0.3) is 5.56 Å². The van der Waals surface area contributed by atoms with Gasteiger partial charge in [0.1, 0.15) is 5.82 Å². The molecule has 5 nitrogen and oxygen atoms in total. The number of carbonyl (C=O) groups excluding carboxylic acids is 1. The summed E-state index contributed by atoms with van der Waals surface area (Å²) in [6.45, 7) is 2.69. The second-order valence-corrected chi connectivity index (χ2v) is 4.54. The molecule has 1 atom stereocenters. The first-order chi connectivity index (χ1) is 8.10. The normalized spacial score (nSPS) is 20.0. The number of carbonyl (C=O) groups is 1. The molecular formula is C12H17N3O2. The van der Waals surface area contributed by atoms with Crippen LogP contribution in [0.2, 0.25) is 0 Å². The van der Waals surface area contributed by atoms with Crippen molar-refractivity contribution in [3.63, 3.8) is 0 Å². The zero-order valence-corrected chi connectivity index (χ0v) is 10.2. The first-order valence-electron chi connectivity index (χ1n) is 5.94. The maximum atomic E-state index is 11.5. The third kappa shape index (κ3) is 2.54. The van der Waals surface area contributed by atoms with E-state index < -0.39 is 0 Å². The Labute approximate surface area is 99.9 Å². The molecule has 0 aliphatic carbocycles. The molecule has 0 aromatic carbocycles. The molecule has 5 heteroatoms. The number of rotatable bonds is 3. The molecule has 0 saturated carbocycles. The lowest BCUT2D eigenvalue weighted by Crippen LogP contribution is -2.19. The van der Waals surface area contributed by atoms with E-state index in [9.17, 15) is 9.59 Å². The van der Waals surface area contributed by atoms with Crippen LogP contribution in [0.3, 0.4) is 0 Å². The molecule has 0 spiro atoms. The van der Waals surface area contributed by atoms with Crippen LogP contribution in [0.5, 0.6) is 0 Å². The number of nitrogens with one attached hydrogen (secondary N) is 1. The molecule has 0 bridgehead atoms. The van der Waals surface area contributed by atoms with Crippen molar-refractivity contribution in [2.24, 2.45) is 0 Å². The summed E-state index contributed by atoms with van der Waals surface area (Å²) in [5.41, 5.74) is 0.621. The molecule has 1 aliphatic heterocycles. The minimum atomic E-state index is -0.125. The van der Waals surface area contributed by atoms with Crippen LogP contribution in [-0.4, -0.2) is 34.4 Å². The van der Waals surface area contributed by atoms with E-state index in [0.717, 1.165) is 24.4 Å². The van der Waals surface area contributed by atoms with Crippen LogP contribution in [-0.2, 0) is 11.2 Å². The van der Waals surface area contributed by atoms with Crippen LogP contribution >= 0.6 is 0 Å². The van der Waals surface area contributed by atoms with Crippen molar-refractivity contribution in [2.45, 2.75) is 32.1 Å². The van der Waals surface area contributed by atoms with Crippen molar-refractivity contribution < 1.29 is 4.79 Å². The van der Waals surface area contributed by atoms with Crippen molar-refractivity contribution in [3.05, 3.63) is 27.9 Å². The van der Waals surface area contributed by atoms with Gasteiger partial charge in [0.15, 0.2) is 0 Å². The monoisotopic (exact) mass is 235 g/mol. The molecule has 1 N–H and O–H groups in total.